The van der Waals surface area contributed by atoms with Gasteiger partial charge in [0.05, 0.1) is 0 Å². The van der Waals surface area contributed by atoms with Crippen molar-refractivity contribution in [3.05, 3.63) is 35.0 Å². The van der Waals surface area contributed by atoms with Gasteiger partial charge in [-0.15, -0.1) is 0 Å². The molecule has 0 bridgehead atoms. The van der Waals surface area contributed by atoms with Gasteiger partial charge in [-0.05, 0) is 57.9 Å². The lowest BCUT2D eigenvalue weighted by Gasteiger charge is -2.25. The Balaban J connectivity index is 2.29. The average Bonchev–Trinajstić information content (AvgIpc) is 2.64. The molecule has 0 aliphatic heterocycles. The van der Waals surface area contributed by atoms with Crippen LogP contribution in [0.25, 0.3) is 10.9 Å². The lowest BCUT2D eigenvalue weighted by Crippen LogP contribution is -2.44. The van der Waals surface area contributed by atoms with Crippen LogP contribution in [-0.2, 0) is 0 Å². The van der Waals surface area contributed by atoms with E-state index in [4.69, 9.17) is 5.11 Å². The van der Waals surface area contributed by atoms with Crippen LogP contribution in [-0.4, -0.2) is 28.1 Å². The zero-order chi connectivity index (χ0) is 14.9. The van der Waals surface area contributed by atoms with E-state index in [1.165, 1.54) is 5.56 Å². The molecule has 0 atom stereocenters. The predicted molar refractivity (Wildman–Crippen MR) is 81.0 cm³/mol. The van der Waals surface area contributed by atoms with Gasteiger partial charge in [0.1, 0.15) is 0 Å². The van der Waals surface area contributed by atoms with Gasteiger partial charge in [-0.1, -0.05) is 0 Å². The van der Waals surface area contributed by atoms with Crippen LogP contribution in [0.15, 0.2) is 18.2 Å². The number of carbonyl (C=O) groups excluding carboxylic acids is 1. The molecule has 0 aliphatic carbocycles. The van der Waals surface area contributed by atoms with Crippen molar-refractivity contribution in [2.45, 2.75) is 39.7 Å². The maximum atomic E-state index is 12.3. The number of hydrogen-bond acceptors (Lipinski definition) is 2. The van der Waals surface area contributed by atoms with E-state index in [0.717, 1.165) is 16.6 Å². The van der Waals surface area contributed by atoms with Gasteiger partial charge in [0, 0.05) is 34.3 Å². The van der Waals surface area contributed by atoms with Crippen LogP contribution in [0.1, 0.15) is 41.9 Å². The van der Waals surface area contributed by atoms with Gasteiger partial charge in [-0.2, -0.15) is 0 Å². The molecule has 0 aliphatic rings. The second-order valence-corrected chi connectivity index (χ2v) is 5.95. The largest absolute Gasteiger partial charge is 0.396 e. The summed E-state index contributed by atoms with van der Waals surface area (Å²) in [5.74, 6) is -0.108. The Kier molecular flexibility index (Phi) is 3.86. The number of amides is 1. The number of aliphatic hydroxyl groups excluding tert-OH is 1. The highest BCUT2D eigenvalue weighted by Crippen LogP contribution is 2.22. The molecule has 2 aromatic rings. The topological polar surface area (TPSA) is 65.1 Å². The Bertz CT molecular complexity index is 641. The third-order valence-electron chi connectivity index (χ3n) is 3.76. The molecule has 0 unspecified atom stereocenters. The zero-order valence-electron chi connectivity index (χ0n) is 12.5. The van der Waals surface area contributed by atoms with E-state index in [0.29, 0.717) is 12.0 Å². The third-order valence-corrected chi connectivity index (χ3v) is 3.76. The van der Waals surface area contributed by atoms with Gasteiger partial charge in [0.25, 0.3) is 5.91 Å². The monoisotopic (exact) mass is 274 g/mol. The van der Waals surface area contributed by atoms with Gasteiger partial charge in [-0.3, -0.25) is 4.79 Å². The highest BCUT2D eigenvalue weighted by atomic mass is 16.3. The molecule has 0 saturated heterocycles. The van der Waals surface area contributed by atoms with Crippen LogP contribution in [0.5, 0.6) is 0 Å². The van der Waals surface area contributed by atoms with Crippen LogP contribution in [0.3, 0.4) is 0 Å². The maximum Gasteiger partial charge on any atom is 0.251 e. The molecular weight excluding hydrogens is 252 g/mol. The van der Waals surface area contributed by atoms with Crippen molar-refractivity contribution in [3.8, 4) is 0 Å². The first-order valence-electron chi connectivity index (χ1n) is 6.86. The van der Waals surface area contributed by atoms with Crippen molar-refractivity contribution in [1.82, 2.24) is 10.3 Å². The lowest BCUT2D eigenvalue weighted by atomic mass is 10.00. The second kappa shape index (κ2) is 5.29. The first-order valence-corrected chi connectivity index (χ1v) is 6.86. The molecule has 4 heteroatoms. The molecule has 108 valence electrons. The summed E-state index contributed by atoms with van der Waals surface area (Å²) in [5.41, 5.74) is 3.57. The predicted octanol–water partition coefficient (Wildman–Crippen LogP) is 2.68. The standard InChI is InChI=1S/C16H22N2O2/c1-10-11(2)17-14-6-5-12(9-13(10)14)15(20)18-16(3,4)7-8-19/h5-6,9,17,19H,7-8H2,1-4H3,(H,18,20). The third kappa shape index (κ3) is 2.85. The summed E-state index contributed by atoms with van der Waals surface area (Å²) in [6, 6.07) is 5.67. The van der Waals surface area contributed by atoms with E-state index in [-0.39, 0.29) is 12.5 Å². The molecule has 0 radical (unpaired) electrons. The number of aliphatic hydroxyl groups is 1. The molecule has 1 amide bonds. The first kappa shape index (κ1) is 14.6. The van der Waals surface area contributed by atoms with Crippen molar-refractivity contribution < 1.29 is 9.90 Å². The summed E-state index contributed by atoms with van der Waals surface area (Å²) in [6.07, 6.45) is 0.531. The Morgan fingerprint density at radius 1 is 1.35 bits per heavy atom. The fourth-order valence-electron chi connectivity index (χ4n) is 2.32. The van der Waals surface area contributed by atoms with E-state index >= 15 is 0 Å². The molecule has 0 saturated carbocycles. The smallest absolute Gasteiger partial charge is 0.251 e. The summed E-state index contributed by atoms with van der Waals surface area (Å²) in [7, 11) is 0. The molecule has 0 fully saturated rings. The van der Waals surface area contributed by atoms with Gasteiger partial charge >= 0.3 is 0 Å². The number of benzene rings is 1. The number of H-pyrrole nitrogens is 1. The highest BCUT2D eigenvalue weighted by Gasteiger charge is 2.20. The number of aryl methyl sites for hydroxylation is 2. The van der Waals surface area contributed by atoms with Crippen molar-refractivity contribution in [3.63, 3.8) is 0 Å². The van der Waals surface area contributed by atoms with Crippen LogP contribution < -0.4 is 5.32 Å². The van der Waals surface area contributed by atoms with Crippen LogP contribution in [0.4, 0.5) is 0 Å². The van der Waals surface area contributed by atoms with E-state index in [1.54, 1.807) is 0 Å². The molecule has 1 aromatic heterocycles. The average molecular weight is 274 g/mol. The van der Waals surface area contributed by atoms with Crippen molar-refractivity contribution in [2.75, 3.05) is 6.61 Å². The molecule has 0 spiro atoms. The summed E-state index contributed by atoms with van der Waals surface area (Å²) >= 11 is 0. The number of aromatic nitrogens is 1. The zero-order valence-corrected chi connectivity index (χ0v) is 12.5. The number of nitrogens with one attached hydrogen (secondary N) is 2. The molecule has 20 heavy (non-hydrogen) atoms. The molecule has 1 heterocycles. The van der Waals surface area contributed by atoms with Gasteiger partial charge < -0.3 is 15.4 Å². The normalized spacial score (nSPS) is 11.8. The fourth-order valence-corrected chi connectivity index (χ4v) is 2.32. The van der Waals surface area contributed by atoms with Crippen LogP contribution >= 0.6 is 0 Å². The lowest BCUT2D eigenvalue weighted by molar-refractivity contribution is 0.0899. The van der Waals surface area contributed by atoms with Gasteiger partial charge in [-0.25, -0.2) is 0 Å². The van der Waals surface area contributed by atoms with Gasteiger partial charge in [0.15, 0.2) is 0 Å². The number of fused-ring (bicyclic) bond motifs is 1. The van der Waals surface area contributed by atoms with Crippen LogP contribution in [0, 0.1) is 13.8 Å². The molecule has 3 N–H and O–H groups in total. The maximum absolute atomic E-state index is 12.3. The van der Waals surface area contributed by atoms with E-state index in [9.17, 15) is 4.79 Å². The van der Waals surface area contributed by atoms with E-state index in [2.05, 4.69) is 10.3 Å². The van der Waals surface area contributed by atoms with Crippen molar-refractivity contribution in [2.24, 2.45) is 0 Å². The summed E-state index contributed by atoms with van der Waals surface area (Å²) in [6.45, 7) is 7.95. The minimum absolute atomic E-state index is 0.0580. The Labute approximate surface area is 119 Å². The molecular formula is C16H22N2O2. The second-order valence-electron chi connectivity index (χ2n) is 5.95. The number of carbonyl (C=O) groups is 1. The van der Waals surface area contributed by atoms with E-state index in [1.807, 2.05) is 45.9 Å². The Hall–Kier alpha value is -1.81. The highest BCUT2D eigenvalue weighted by molar-refractivity contribution is 5.99. The van der Waals surface area contributed by atoms with Crippen molar-refractivity contribution >= 4 is 16.8 Å². The molecule has 1 aromatic carbocycles. The van der Waals surface area contributed by atoms with Gasteiger partial charge in [0.2, 0.25) is 0 Å². The minimum Gasteiger partial charge on any atom is -0.396 e. The van der Waals surface area contributed by atoms with Crippen molar-refractivity contribution in [1.29, 1.82) is 0 Å². The number of rotatable bonds is 4. The summed E-state index contributed by atoms with van der Waals surface area (Å²) in [5, 5.41) is 13.0. The summed E-state index contributed by atoms with van der Waals surface area (Å²) in [4.78, 5) is 15.6. The quantitative estimate of drug-likeness (QED) is 0.802. The molecule has 4 nitrogen and oxygen atoms in total. The SMILES string of the molecule is Cc1[nH]c2ccc(C(=O)NC(C)(C)CCO)cc2c1C. The molecule has 2 rings (SSSR count). The van der Waals surface area contributed by atoms with Crippen LogP contribution in [0.2, 0.25) is 0 Å². The number of aromatic amines is 1. The Morgan fingerprint density at radius 3 is 2.70 bits per heavy atom. The fraction of sp³-hybridized carbons (Fsp3) is 0.438. The first-order chi connectivity index (χ1) is 9.34. The number of hydrogen-bond donors (Lipinski definition) is 3. The van der Waals surface area contributed by atoms with E-state index < -0.39 is 5.54 Å². The Morgan fingerprint density at radius 2 is 2.05 bits per heavy atom. The summed E-state index contributed by atoms with van der Waals surface area (Å²) < 4.78 is 0. The minimum atomic E-state index is -0.413.